The lowest BCUT2D eigenvalue weighted by Gasteiger charge is -2.30. The number of hydrogen-bond acceptors (Lipinski definition) is 4. The Hall–Kier alpha value is -1.59. The van der Waals surface area contributed by atoms with E-state index in [2.05, 4.69) is 17.3 Å². The summed E-state index contributed by atoms with van der Waals surface area (Å²) in [6, 6.07) is 6.91. The number of nitrogens with one attached hydrogen (secondary N) is 1. The van der Waals surface area contributed by atoms with Crippen molar-refractivity contribution in [3.8, 4) is 0 Å². The van der Waals surface area contributed by atoms with Crippen molar-refractivity contribution in [1.29, 1.82) is 0 Å². The molecule has 0 aliphatic carbocycles. The van der Waals surface area contributed by atoms with Crippen LogP contribution in [0.1, 0.15) is 10.4 Å². The van der Waals surface area contributed by atoms with E-state index in [1.807, 2.05) is 6.07 Å². The number of para-hydroxylation sites is 1. The van der Waals surface area contributed by atoms with Crippen LogP contribution in [0.3, 0.4) is 0 Å². The number of carboxylic acid groups (broad SMARTS) is 1. The van der Waals surface area contributed by atoms with Gasteiger partial charge in [-0.15, -0.1) is 0 Å². The molecule has 1 aromatic rings. The molecule has 2 N–H and O–H groups in total. The predicted molar refractivity (Wildman–Crippen MR) is 69.1 cm³/mol. The second-order valence-corrected chi connectivity index (χ2v) is 4.49. The number of benzene rings is 1. The first-order chi connectivity index (χ1) is 8.66. The Balaban J connectivity index is 1.95. The van der Waals surface area contributed by atoms with E-state index in [1.165, 1.54) is 0 Å². The Bertz CT molecular complexity index is 422. The minimum absolute atomic E-state index is 0.102. The Kier molecular flexibility index (Phi) is 4.17. The van der Waals surface area contributed by atoms with Gasteiger partial charge in [0.05, 0.1) is 18.3 Å². The van der Waals surface area contributed by atoms with Gasteiger partial charge >= 0.3 is 5.97 Å². The van der Waals surface area contributed by atoms with Crippen molar-refractivity contribution in [2.75, 3.05) is 38.6 Å². The Labute approximate surface area is 106 Å². The number of nitrogens with zero attached hydrogens (tertiary/aromatic N) is 1. The summed E-state index contributed by atoms with van der Waals surface area (Å²) in [4.78, 5) is 13.3. The number of carboxylic acids is 1. The van der Waals surface area contributed by atoms with Gasteiger partial charge in [-0.05, 0) is 19.2 Å². The van der Waals surface area contributed by atoms with E-state index in [4.69, 9.17) is 9.84 Å². The SMILES string of the molecule is CN1CCOC(CNc2ccccc2C(=O)O)C1. The van der Waals surface area contributed by atoms with Gasteiger partial charge in [-0.3, -0.25) is 0 Å². The minimum atomic E-state index is -0.917. The van der Waals surface area contributed by atoms with Gasteiger partial charge in [-0.2, -0.15) is 0 Å². The average Bonchev–Trinajstić information content (AvgIpc) is 2.37. The van der Waals surface area contributed by atoms with Crippen LogP contribution in [-0.4, -0.2) is 55.4 Å². The number of likely N-dealkylation sites (N-methyl/N-ethyl adjacent to an activating group) is 1. The molecule has 0 spiro atoms. The third kappa shape index (κ3) is 3.21. The zero-order valence-corrected chi connectivity index (χ0v) is 10.4. The van der Waals surface area contributed by atoms with E-state index in [1.54, 1.807) is 18.2 Å². The third-order valence-electron chi connectivity index (χ3n) is 3.02. The molecule has 5 nitrogen and oxygen atoms in total. The molecule has 0 aromatic heterocycles. The summed E-state index contributed by atoms with van der Waals surface area (Å²) in [5, 5.41) is 12.2. The largest absolute Gasteiger partial charge is 0.478 e. The molecule has 1 heterocycles. The highest BCUT2D eigenvalue weighted by molar-refractivity contribution is 5.94. The van der Waals surface area contributed by atoms with Gasteiger partial charge in [-0.25, -0.2) is 4.79 Å². The van der Waals surface area contributed by atoms with E-state index in [0.29, 0.717) is 17.8 Å². The quantitative estimate of drug-likeness (QED) is 0.838. The van der Waals surface area contributed by atoms with Crippen LogP contribution in [0.2, 0.25) is 0 Å². The lowest BCUT2D eigenvalue weighted by Crippen LogP contribution is -2.43. The Morgan fingerprint density at radius 3 is 3.06 bits per heavy atom. The van der Waals surface area contributed by atoms with E-state index in [-0.39, 0.29) is 6.10 Å². The number of ether oxygens (including phenoxy) is 1. The predicted octanol–water partition coefficient (Wildman–Crippen LogP) is 1.13. The van der Waals surface area contributed by atoms with E-state index >= 15 is 0 Å². The molecule has 1 aliphatic rings. The maximum Gasteiger partial charge on any atom is 0.337 e. The van der Waals surface area contributed by atoms with Crippen molar-refractivity contribution in [3.05, 3.63) is 29.8 Å². The first-order valence-corrected chi connectivity index (χ1v) is 6.03. The Morgan fingerprint density at radius 2 is 2.33 bits per heavy atom. The molecular weight excluding hydrogens is 232 g/mol. The molecule has 2 rings (SSSR count). The summed E-state index contributed by atoms with van der Waals surface area (Å²) < 4.78 is 5.62. The van der Waals surface area contributed by atoms with Gasteiger partial charge in [0, 0.05) is 25.3 Å². The topological polar surface area (TPSA) is 61.8 Å². The molecule has 0 bridgehead atoms. The zero-order chi connectivity index (χ0) is 13.0. The molecule has 0 radical (unpaired) electrons. The van der Waals surface area contributed by atoms with Crippen LogP contribution < -0.4 is 5.32 Å². The highest BCUT2D eigenvalue weighted by Crippen LogP contribution is 2.15. The molecule has 0 amide bonds. The number of morpholine rings is 1. The molecule has 0 saturated carbocycles. The fraction of sp³-hybridized carbons (Fsp3) is 0.462. The van der Waals surface area contributed by atoms with Gasteiger partial charge in [0.25, 0.3) is 0 Å². The maximum atomic E-state index is 11.0. The summed E-state index contributed by atoms with van der Waals surface area (Å²) in [6.07, 6.45) is 0.102. The van der Waals surface area contributed by atoms with E-state index < -0.39 is 5.97 Å². The molecule has 1 aromatic carbocycles. The molecule has 1 fully saturated rings. The molecule has 18 heavy (non-hydrogen) atoms. The van der Waals surface area contributed by atoms with Crippen LogP contribution in [0, 0.1) is 0 Å². The summed E-state index contributed by atoms with van der Waals surface area (Å²) in [7, 11) is 2.06. The first-order valence-electron chi connectivity index (χ1n) is 6.03. The highest BCUT2D eigenvalue weighted by atomic mass is 16.5. The molecule has 1 aliphatic heterocycles. The normalized spacial score (nSPS) is 20.6. The van der Waals surface area contributed by atoms with Gasteiger partial charge in [0.15, 0.2) is 0 Å². The maximum absolute atomic E-state index is 11.0. The second kappa shape index (κ2) is 5.84. The summed E-state index contributed by atoms with van der Waals surface area (Å²) >= 11 is 0. The number of hydrogen-bond donors (Lipinski definition) is 2. The van der Waals surface area contributed by atoms with Crippen molar-refractivity contribution in [1.82, 2.24) is 4.90 Å². The van der Waals surface area contributed by atoms with Crippen molar-refractivity contribution < 1.29 is 14.6 Å². The fourth-order valence-electron chi connectivity index (χ4n) is 2.04. The van der Waals surface area contributed by atoms with Crippen LogP contribution >= 0.6 is 0 Å². The Morgan fingerprint density at radius 1 is 1.56 bits per heavy atom. The standard InChI is InChI=1S/C13H18N2O3/c1-15-6-7-18-10(9-15)8-14-12-5-3-2-4-11(12)13(16)17/h2-5,10,14H,6-9H2,1H3,(H,16,17). The number of aromatic carboxylic acids is 1. The minimum Gasteiger partial charge on any atom is -0.478 e. The average molecular weight is 250 g/mol. The third-order valence-corrected chi connectivity index (χ3v) is 3.02. The lowest BCUT2D eigenvalue weighted by atomic mass is 10.1. The molecule has 5 heteroatoms. The lowest BCUT2D eigenvalue weighted by molar-refractivity contribution is -0.0117. The van der Waals surface area contributed by atoms with Gasteiger partial charge in [-0.1, -0.05) is 12.1 Å². The zero-order valence-electron chi connectivity index (χ0n) is 10.4. The first kappa shape index (κ1) is 12.9. The summed E-state index contributed by atoms with van der Waals surface area (Å²) in [5.74, 6) is -0.917. The monoisotopic (exact) mass is 250 g/mol. The van der Waals surface area contributed by atoms with Crippen LogP contribution in [0.25, 0.3) is 0 Å². The molecule has 1 atom stereocenters. The van der Waals surface area contributed by atoms with E-state index in [9.17, 15) is 4.79 Å². The van der Waals surface area contributed by atoms with Crippen molar-refractivity contribution in [3.63, 3.8) is 0 Å². The van der Waals surface area contributed by atoms with Crippen molar-refractivity contribution in [2.24, 2.45) is 0 Å². The smallest absolute Gasteiger partial charge is 0.337 e. The van der Waals surface area contributed by atoms with Gasteiger partial charge in [0.2, 0.25) is 0 Å². The van der Waals surface area contributed by atoms with Crippen LogP contribution in [0.4, 0.5) is 5.69 Å². The van der Waals surface area contributed by atoms with Gasteiger partial charge < -0.3 is 20.1 Å². The van der Waals surface area contributed by atoms with Crippen LogP contribution in [0.5, 0.6) is 0 Å². The second-order valence-electron chi connectivity index (χ2n) is 4.49. The molecule has 1 unspecified atom stereocenters. The van der Waals surface area contributed by atoms with Crippen LogP contribution in [0.15, 0.2) is 24.3 Å². The van der Waals surface area contributed by atoms with Crippen LogP contribution in [-0.2, 0) is 4.74 Å². The highest BCUT2D eigenvalue weighted by Gasteiger charge is 2.18. The summed E-state index contributed by atoms with van der Waals surface area (Å²) in [6.45, 7) is 3.16. The molecule has 1 saturated heterocycles. The number of rotatable bonds is 4. The van der Waals surface area contributed by atoms with Crippen molar-refractivity contribution in [2.45, 2.75) is 6.10 Å². The molecular formula is C13H18N2O3. The number of anilines is 1. The van der Waals surface area contributed by atoms with Crippen molar-refractivity contribution >= 4 is 11.7 Å². The fourth-order valence-corrected chi connectivity index (χ4v) is 2.04. The number of carbonyl (C=O) groups is 1. The van der Waals surface area contributed by atoms with Gasteiger partial charge in [0.1, 0.15) is 0 Å². The van der Waals surface area contributed by atoms with E-state index in [0.717, 1.165) is 19.7 Å². The molecule has 98 valence electrons. The summed E-state index contributed by atoms with van der Waals surface area (Å²) in [5.41, 5.74) is 0.934.